The number of rotatable bonds is 0. The van der Waals surface area contributed by atoms with Crippen molar-refractivity contribution in [1.29, 1.82) is 0 Å². The van der Waals surface area contributed by atoms with E-state index >= 15 is 0 Å². The quantitative estimate of drug-likeness (QED) is 0.276. The predicted molar refractivity (Wildman–Crippen MR) is 20.3 cm³/mol. The van der Waals surface area contributed by atoms with Gasteiger partial charge in [-0.25, -0.2) is 8.42 Å². The molecule has 0 atom stereocenters. The van der Waals surface area contributed by atoms with E-state index in [1.807, 2.05) is 0 Å². The van der Waals surface area contributed by atoms with Crippen molar-refractivity contribution in [2.75, 3.05) is 0 Å². The Bertz CT molecular complexity index is 54.4. The third kappa shape index (κ3) is 106. The average molecular weight is 96.2 g/mol. The van der Waals surface area contributed by atoms with Crippen LogP contribution < -0.4 is 0 Å². The van der Waals surface area contributed by atoms with Gasteiger partial charge in [-0.05, 0) is 0 Å². The molecular weight excluding hydrogens is 92.2 g/mol. The van der Waals surface area contributed by atoms with E-state index in [0.29, 0.717) is 9.39 Å². The molecule has 0 aliphatic rings. The summed E-state index contributed by atoms with van der Waals surface area (Å²) in [6, 6.07) is 0. The molecule has 0 aromatic carbocycles. The minimum Gasteiger partial charge on any atom is -0.240 e. The topological polar surface area (TPSA) is 34.1 Å². The molecule has 0 aromatic heterocycles. The van der Waals surface area contributed by atoms with E-state index in [0.717, 1.165) is 0 Å². The summed E-state index contributed by atoms with van der Waals surface area (Å²) in [7, 11) is -1.68. The van der Waals surface area contributed by atoms with E-state index in [4.69, 9.17) is 8.42 Å². The van der Waals surface area contributed by atoms with Crippen LogP contribution in [-0.4, -0.2) is 17.8 Å². The van der Waals surface area contributed by atoms with Gasteiger partial charge in [0.2, 0.25) is 0 Å². The number of thiol groups is 1. The van der Waals surface area contributed by atoms with Crippen LogP contribution in [0.1, 0.15) is 0 Å². The lowest BCUT2D eigenvalue weighted by atomic mass is 15.9. The molecule has 2 nitrogen and oxygen atoms in total. The molecule has 0 bridgehead atoms. The Kier molecular flexibility index (Phi) is 1.54. The fraction of sp³-hybridized carbons (Fsp3) is 0. The van der Waals surface area contributed by atoms with Crippen LogP contribution in [0.3, 0.4) is 0 Å². The van der Waals surface area contributed by atoms with Crippen LogP contribution in [0.25, 0.3) is 0 Å². The van der Waals surface area contributed by atoms with Crippen LogP contribution in [0, 0.1) is 0 Å². The summed E-state index contributed by atoms with van der Waals surface area (Å²) in [5.74, 6) is 0. The molecule has 0 aliphatic carbocycles. The van der Waals surface area contributed by atoms with Crippen molar-refractivity contribution in [3.05, 3.63) is 0 Å². The summed E-state index contributed by atoms with van der Waals surface area (Å²) in [6.07, 6.45) is 0. The zero-order valence-corrected chi connectivity index (χ0v) is 5.16. The van der Waals surface area contributed by atoms with Crippen molar-refractivity contribution < 1.29 is 8.42 Å². The molecule has 0 spiro atoms. The highest BCUT2D eigenvalue weighted by Crippen LogP contribution is 1.25. The molecule has 0 aliphatic heterocycles. The molecule has 0 saturated heterocycles. The van der Waals surface area contributed by atoms with E-state index < -0.39 is 10.2 Å². The highest BCUT2D eigenvalue weighted by molar-refractivity contribution is 7.96. The fourth-order valence-corrected chi connectivity index (χ4v) is 0. The van der Waals surface area contributed by atoms with Gasteiger partial charge in [0.1, 0.15) is 19.5 Å². The standard InChI is InChI=1S/H4O2SSi/c1-3(2)4/h3H,4H3. The van der Waals surface area contributed by atoms with Gasteiger partial charge in [-0.3, -0.25) is 0 Å². The van der Waals surface area contributed by atoms with Gasteiger partial charge in [-0.1, -0.05) is 0 Å². The molecule has 26 valence electrons. The van der Waals surface area contributed by atoms with Gasteiger partial charge in [0.05, 0.1) is 0 Å². The molecule has 4 heavy (non-hydrogen) atoms. The zero-order chi connectivity index (χ0) is 3.58. The van der Waals surface area contributed by atoms with E-state index in [1.54, 1.807) is 0 Å². The Morgan fingerprint density at radius 1 is 1.50 bits per heavy atom. The zero-order valence-electron chi connectivity index (χ0n) is 2.26. The smallest absolute Gasteiger partial charge is 0.145 e. The van der Waals surface area contributed by atoms with Gasteiger partial charge >= 0.3 is 0 Å². The van der Waals surface area contributed by atoms with Crippen molar-refractivity contribution >= 4 is 19.5 Å². The van der Waals surface area contributed by atoms with E-state index in [9.17, 15) is 0 Å². The van der Waals surface area contributed by atoms with E-state index in [1.165, 1.54) is 0 Å². The lowest BCUT2D eigenvalue weighted by molar-refractivity contribution is 0.626. The van der Waals surface area contributed by atoms with Gasteiger partial charge < -0.3 is 0 Å². The first-order valence-electron chi connectivity index (χ1n) is 0.812. The van der Waals surface area contributed by atoms with Crippen molar-refractivity contribution in [2.24, 2.45) is 0 Å². The van der Waals surface area contributed by atoms with Gasteiger partial charge in [0.15, 0.2) is 0 Å². The van der Waals surface area contributed by atoms with Gasteiger partial charge in [0, 0.05) is 0 Å². The largest absolute Gasteiger partial charge is 0.240 e. The Morgan fingerprint density at radius 3 is 1.50 bits per heavy atom. The normalized spacial score (nSPS) is 9.25. The minimum absolute atomic E-state index is 0.302. The van der Waals surface area contributed by atoms with Crippen molar-refractivity contribution in [2.45, 2.75) is 0 Å². The molecule has 0 heterocycles. The first-order valence-corrected chi connectivity index (χ1v) is 5.12. The summed E-state index contributed by atoms with van der Waals surface area (Å²) in [5.41, 5.74) is 0. The SMILES string of the molecule is O=[SH](=O)[SiH3]. The molecular formula is H4O2SSi. The third-order valence-corrected chi connectivity index (χ3v) is 0. The highest BCUT2D eigenvalue weighted by Gasteiger charge is 1.46. The molecule has 0 radical (unpaired) electrons. The van der Waals surface area contributed by atoms with Gasteiger partial charge in [-0.2, -0.15) is 0 Å². The monoisotopic (exact) mass is 96.0 g/mol. The minimum atomic E-state index is -1.98. The van der Waals surface area contributed by atoms with Crippen LogP contribution in [0.2, 0.25) is 0 Å². The second-order valence-corrected chi connectivity index (χ2v) is 3.51. The molecule has 0 N–H and O–H groups in total. The molecule has 0 rings (SSSR count). The second kappa shape index (κ2) is 1.48. The maximum atomic E-state index is 9.10. The third-order valence-electron chi connectivity index (χ3n) is 0. The Morgan fingerprint density at radius 2 is 1.50 bits per heavy atom. The number of hydrogen-bond donors (Lipinski definition) is 1. The molecule has 0 amide bonds. The summed E-state index contributed by atoms with van der Waals surface area (Å²) in [6.45, 7) is 0. The van der Waals surface area contributed by atoms with E-state index in [-0.39, 0.29) is 0 Å². The first-order chi connectivity index (χ1) is 1.73. The molecule has 0 aromatic rings. The highest BCUT2D eigenvalue weighted by atomic mass is 32.4. The number of hydrogen-bond acceptors (Lipinski definition) is 2. The van der Waals surface area contributed by atoms with Gasteiger partial charge in [0.25, 0.3) is 0 Å². The van der Waals surface area contributed by atoms with E-state index in [2.05, 4.69) is 0 Å². The summed E-state index contributed by atoms with van der Waals surface area (Å²) < 4.78 is 18.2. The Hall–Kier alpha value is 0.167. The van der Waals surface area contributed by atoms with Crippen LogP contribution in [0.15, 0.2) is 0 Å². The summed E-state index contributed by atoms with van der Waals surface area (Å²) in [4.78, 5) is 0. The summed E-state index contributed by atoms with van der Waals surface area (Å²) in [5, 5.41) is 0. The maximum Gasteiger partial charge on any atom is 0.145 e. The van der Waals surface area contributed by atoms with Gasteiger partial charge in [-0.15, -0.1) is 0 Å². The molecule has 0 fully saturated rings. The first kappa shape index (κ1) is 4.17. The molecule has 0 unspecified atom stereocenters. The van der Waals surface area contributed by atoms with Crippen LogP contribution >= 0.6 is 0 Å². The predicted octanol–water partition coefficient (Wildman–Crippen LogP) is -2.12. The van der Waals surface area contributed by atoms with Crippen LogP contribution in [-0.2, 0) is 10.2 Å². The molecule has 4 heteroatoms. The Balaban J connectivity index is 3.51. The average Bonchev–Trinajstić information content (AvgIpc) is 0.811. The lowest BCUT2D eigenvalue weighted by Crippen LogP contribution is -1.60. The fourth-order valence-electron chi connectivity index (χ4n) is 0. The lowest BCUT2D eigenvalue weighted by Gasteiger charge is -1.40. The van der Waals surface area contributed by atoms with Crippen LogP contribution in [0.4, 0.5) is 0 Å². The Labute approximate surface area is 28.8 Å². The molecule has 0 saturated carbocycles. The summed E-state index contributed by atoms with van der Waals surface area (Å²) >= 11 is 0. The van der Waals surface area contributed by atoms with Crippen molar-refractivity contribution in [3.63, 3.8) is 0 Å². The maximum absolute atomic E-state index is 9.10. The van der Waals surface area contributed by atoms with Crippen LogP contribution in [0.5, 0.6) is 0 Å². The van der Waals surface area contributed by atoms with Crippen molar-refractivity contribution in [3.8, 4) is 0 Å². The van der Waals surface area contributed by atoms with Crippen molar-refractivity contribution in [1.82, 2.24) is 0 Å². The second-order valence-electron chi connectivity index (χ2n) is 0.440.